The highest BCUT2D eigenvalue weighted by Gasteiger charge is 2.12. The predicted octanol–water partition coefficient (Wildman–Crippen LogP) is 4.04. The van der Waals surface area contributed by atoms with Crippen LogP contribution in [0.15, 0.2) is 30.5 Å². The van der Waals surface area contributed by atoms with E-state index in [4.69, 9.17) is 0 Å². The van der Waals surface area contributed by atoms with Gasteiger partial charge in [-0.25, -0.2) is 0 Å². The lowest BCUT2D eigenvalue weighted by Gasteiger charge is -2.11. The van der Waals surface area contributed by atoms with Crippen molar-refractivity contribution in [1.29, 1.82) is 0 Å². The molecule has 0 aliphatic rings. The van der Waals surface area contributed by atoms with Crippen molar-refractivity contribution >= 4 is 22.5 Å². The minimum absolute atomic E-state index is 0.0682. The van der Waals surface area contributed by atoms with Crippen molar-refractivity contribution in [1.82, 2.24) is 4.57 Å². The maximum atomic E-state index is 12.0. The standard InChI is InChI=1S/C16H22N2O/c1-4-6-12(3)16(19)17-14-8-7-13-9-10-18(5-2)15(13)11-14/h7-12H,4-6H2,1-3H3,(H,17,19). The number of nitrogens with one attached hydrogen (secondary N) is 1. The minimum Gasteiger partial charge on any atom is -0.348 e. The zero-order chi connectivity index (χ0) is 13.8. The molecule has 0 saturated carbocycles. The molecule has 2 rings (SSSR count). The van der Waals surface area contributed by atoms with Gasteiger partial charge in [0, 0.05) is 24.3 Å². The fourth-order valence-corrected chi connectivity index (χ4v) is 2.37. The maximum absolute atomic E-state index is 12.0. The molecule has 3 heteroatoms. The number of rotatable bonds is 5. The van der Waals surface area contributed by atoms with Crippen LogP contribution in [0.2, 0.25) is 0 Å². The molecule has 0 aliphatic heterocycles. The quantitative estimate of drug-likeness (QED) is 0.863. The average molecular weight is 258 g/mol. The molecule has 0 fully saturated rings. The molecule has 2 aromatic rings. The number of aryl methyl sites for hydroxylation is 1. The lowest BCUT2D eigenvalue weighted by Crippen LogP contribution is -2.20. The van der Waals surface area contributed by atoms with Gasteiger partial charge in [0.15, 0.2) is 0 Å². The summed E-state index contributed by atoms with van der Waals surface area (Å²) >= 11 is 0. The van der Waals surface area contributed by atoms with Crippen LogP contribution in [0.5, 0.6) is 0 Å². The first kappa shape index (κ1) is 13.7. The van der Waals surface area contributed by atoms with E-state index in [2.05, 4.69) is 48.1 Å². The van der Waals surface area contributed by atoms with Crippen molar-refractivity contribution in [2.24, 2.45) is 5.92 Å². The van der Waals surface area contributed by atoms with Crippen LogP contribution < -0.4 is 5.32 Å². The Kier molecular flexibility index (Phi) is 4.25. The zero-order valence-corrected chi connectivity index (χ0v) is 11.9. The van der Waals surface area contributed by atoms with E-state index in [1.807, 2.05) is 13.0 Å². The van der Waals surface area contributed by atoms with Crippen molar-refractivity contribution < 1.29 is 4.79 Å². The number of anilines is 1. The third-order valence-corrected chi connectivity index (χ3v) is 3.55. The largest absolute Gasteiger partial charge is 0.348 e. The Morgan fingerprint density at radius 3 is 2.79 bits per heavy atom. The predicted molar refractivity (Wildman–Crippen MR) is 80.3 cm³/mol. The third kappa shape index (κ3) is 2.98. The SMILES string of the molecule is CCCC(C)C(=O)Nc1ccc2ccn(CC)c2c1. The molecule has 0 bridgehead atoms. The molecule has 1 aromatic heterocycles. The molecule has 0 radical (unpaired) electrons. The highest BCUT2D eigenvalue weighted by atomic mass is 16.1. The Hall–Kier alpha value is -1.77. The van der Waals surface area contributed by atoms with E-state index in [0.29, 0.717) is 0 Å². The Labute approximate surface area is 114 Å². The molecule has 1 unspecified atom stereocenters. The summed E-state index contributed by atoms with van der Waals surface area (Å²) in [5.74, 6) is 0.175. The van der Waals surface area contributed by atoms with Crippen LogP contribution in [0.1, 0.15) is 33.6 Å². The van der Waals surface area contributed by atoms with Crippen molar-refractivity contribution in [3.05, 3.63) is 30.5 Å². The first-order valence-electron chi connectivity index (χ1n) is 7.05. The van der Waals surface area contributed by atoms with Crippen molar-refractivity contribution in [2.45, 2.75) is 40.2 Å². The first-order valence-corrected chi connectivity index (χ1v) is 7.05. The molecule has 102 valence electrons. The Morgan fingerprint density at radius 1 is 1.32 bits per heavy atom. The smallest absolute Gasteiger partial charge is 0.227 e. The first-order chi connectivity index (χ1) is 9.15. The number of carbonyl (C=O) groups is 1. The van der Waals surface area contributed by atoms with Gasteiger partial charge >= 0.3 is 0 Å². The van der Waals surface area contributed by atoms with Crippen LogP contribution in [0.4, 0.5) is 5.69 Å². The number of hydrogen-bond acceptors (Lipinski definition) is 1. The summed E-state index contributed by atoms with van der Waals surface area (Å²) in [6, 6.07) is 8.18. The second-order valence-corrected chi connectivity index (χ2v) is 5.05. The molecule has 19 heavy (non-hydrogen) atoms. The van der Waals surface area contributed by atoms with Crippen LogP contribution in [0, 0.1) is 5.92 Å². The van der Waals surface area contributed by atoms with Crippen molar-refractivity contribution in [3.8, 4) is 0 Å². The van der Waals surface area contributed by atoms with E-state index in [-0.39, 0.29) is 11.8 Å². The summed E-state index contributed by atoms with van der Waals surface area (Å²) < 4.78 is 2.18. The number of amides is 1. The fourth-order valence-electron chi connectivity index (χ4n) is 2.37. The summed E-state index contributed by atoms with van der Waals surface area (Å²) in [5, 5.41) is 4.22. The van der Waals surface area contributed by atoms with Gasteiger partial charge in [0.2, 0.25) is 5.91 Å². The number of carbonyl (C=O) groups excluding carboxylic acids is 1. The number of fused-ring (bicyclic) bond motifs is 1. The topological polar surface area (TPSA) is 34.0 Å². The lowest BCUT2D eigenvalue weighted by atomic mass is 10.1. The molecular weight excluding hydrogens is 236 g/mol. The van der Waals surface area contributed by atoms with E-state index in [1.54, 1.807) is 0 Å². The highest BCUT2D eigenvalue weighted by molar-refractivity contribution is 5.94. The lowest BCUT2D eigenvalue weighted by molar-refractivity contribution is -0.119. The molecular formula is C16H22N2O. The van der Waals surface area contributed by atoms with E-state index >= 15 is 0 Å². The second kappa shape index (κ2) is 5.91. The van der Waals surface area contributed by atoms with Gasteiger partial charge < -0.3 is 9.88 Å². The molecule has 1 atom stereocenters. The number of aromatic nitrogens is 1. The average Bonchev–Trinajstić information content (AvgIpc) is 2.81. The van der Waals surface area contributed by atoms with Gasteiger partial charge in [0.1, 0.15) is 0 Å². The molecule has 1 amide bonds. The minimum atomic E-state index is 0.0682. The molecule has 3 nitrogen and oxygen atoms in total. The number of nitrogens with zero attached hydrogens (tertiary/aromatic N) is 1. The van der Waals surface area contributed by atoms with Crippen LogP contribution in [0.3, 0.4) is 0 Å². The monoisotopic (exact) mass is 258 g/mol. The van der Waals surface area contributed by atoms with E-state index in [9.17, 15) is 4.79 Å². The zero-order valence-electron chi connectivity index (χ0n) is 11.9. The van der Waals surface area contributed by atoms with Gasteiger partial charge in [-0.15, -0.1) is 0 Å². The summed E-state index contributed by atoms with van der Waals surface area (Å²) in [6.45, 7) is 7.14. The van der Waals surface area contributed by atoms with Crippen molar-refractivity contribution in [2.75, 3.05) is 5.32 Å². The maximum Gasteiger partial charge on any atom is 0.227 e. The summed E-state index contributed by atoms with van der Waals surface area (Å²) in [7, 11) is 0. The summed E-state index contributed by atoms with van der Waals surface area (Å²) in [4.78, 5) is 12.0. The van der Waals surface area contributed by atoms with Crippen LogP contribution in [0.25, 0.3) is 10.9 Å². The number of benzene rings is 1. The van der Waals surface area contributed by atoms with E-state index < -0.39 is 0 Å². The normalized spacial score (nSPS) is 12.6. The highest BCUT2D eigenvalue weighted by Crippen LogP contribution is 2.21. The van der Waals surface area contributed by atoms with Gasteiger partial charge in [-0.1, -0.05) is 26.3 Å². The second-order valence-electron chi connectivity index (χ2n) is 5.05. The summed E-state index contributed by atoms with van der Waals surface area (Å²) in [6.07, 6.45) is 4.04. The third-order valence-electron chi connectivity index (χ3n) is 3.55. The van der Waals surface area contributed by atoms with E-state index in [0.717, 1.165) is 25.1 Å². The molecule has 0 spiro atoms. The Balaban J connectivity index is 2.19. The summed E-state index contributed by atoms with van der Waals surface area (Å²) in [5.41, 5.74) is 2.05. The molecule has 1 heterocycles. The van der Waals surface area contributed by atoms with Crippen LogP contribution >= 0.6 is 0 Å². The van der Waals surface area contributed by atoms with Crippen LogP contribution in [-0.4, -0.2) is 10.5 Å². The van der Waals surface area contributed by atoms with Crippen molar-refractivity contribution in [3.63, 3.8) is 0 Å². The Bertz CT molecular complexity index is 571. The van der Waals surface area contributed by atoms with Gasteiger partial charge in [-0.2, -0.15) is 0 Å². The van der Waals surface area contributed by atoms with Gasteiger partial charge in [-0.05, 0) is 36.9 Å². The molecule has 1 N–H and O–H groups in total. The van der Waals surface area contributed by atoms with Gasteiger partial charge in [0.25, 0.3) is 0 Å². The fraction of sp³-hybridized carbons (Fsp3) is 0.438. The van der Waals surface area contributed by atoms with Crippen LogP contribution in [-0.2, 0) is 11.3 Å². The Morgan fingerprint density at radius 2 is 2.11 bits per heavy atom. The number of hydrogen-bond donors (Lipinski definition) is 1. The van der Waals surface area contributed by atoms with E-state index in [1.165, 1.54) is 10.9 Å². The molecule has 0 saturated heterocycles. The molecule has 0 aliphatic carbocycles. The van der Waals surface area contributed by atoms with Gasteiger partial charge in [0.05, 0.1) is 5.52 Å². The van der Waals surface area contributed by atoms with Gasteiger partial charge in [-0.3, -0.25) is 4.79 Å². The molecule has 1 aromatic carbocycles.